The number of hydrogen-bond donors (Lipinski definition) is 2. The van der Waals surface area contributed by atoms with Crippen molar-refractivity contribution in [1.29, 1.82) is 0 Å². The van der Waals surface area contributed by atoms with Gasteiger partial charge in [0.25, 0.3) is 5.56 Å². The molecule has 2 N–H and O–H groups in total. The molecule has 0 aliphatic carbocycles. The Bertz CT molecular complexity index is 1040. The molecule has 1 heterocycles. The third-order valence-electron chi connectivity index (χ3n) is 4.58. The van der Waals surface area contributed by atoms with E-state index < -0.39 is 11.2 Å². The summed E-state index contributed by atoms with van der Waals surface area (Å²) in [6.07, 6.45) is 1.95. The normalized spacial score (nSPS) is 12.0. The molecule has 0 saturated carbocycles. The van der Waals surface area contributed by atoms with Crippen molar-refractivity contribution in [3.63, 3.8) is 0 Å². The topological polar surface area (TPSA) is 84.0 Å². The van der Waals surface area contributed by atoms with Crippen LogP contribution in [0.3, 0.4) is 0 Å². The molecule has 140 valence electrons. The van der Waals surface area contributed by atoms with Crippen LogP contribution in [0, 0.1) is 0 Å². The number of benzene rings is 2. The molecule has 1 unspecified atom stereocenters. The first kappa shape index (κ1) is 18.6. The van der Waals surface area contributed by atoms with Gasteiger partial charge in [0.05, 0.1) is 16.9 Å². The van der Waals surface area contributed by atoms with Crippen LogP contribution >= 0.6 is 0 Å². The van der Waals surface area contributed by atoms with E-state index in [1.165, 1.54) is 4.57 Å². The highest BCUT2D eigenvalue weighted by molar-refractivity contribution is 5.79. The van der Waals surface area contributed by atoms with Crippen molar-refractivity contribution >= 4 is 16.8 Å². The number of nitrogens with one attached hydrogen (secondary N) is 2. The lowest BCUT2D eigenvalue weighted by Gasteiger charge is -2.19. The predicted molar refractivity (Wildman–Crippen MR) is 106 cm³/mol. The third-order valence-corrected chi connectivity index (χ3v) is 4.58. The Labute approximate surface area is 156 Å². The maximum atomic E-state index is 12.5. The smallest absolute Gasteiger partial charge is 0.328 e. The molecule has 0 aliphatic heterocycles. The second-order valence-electron chi connectivity index (χ2n) is 6.50. The van der Waals surface area contributed by atoms with Crippen LogP contribution in [0.4, 0.5) is 0 Å². The van der Waals surface area contributed by atoms with Crippen LogP contribution in [-0.2, 0) is 11.3 Å². The van der Waals surface area contributed by atoms with Crippen LogP contribution in [0.5, 0.6) is 0 Å². The largest absolute Gasteiger partial charge is 0.349 e. The maximum absolute atomic E-state index is 12.5. The Hall–Kier alpha value is -3.15. The Morgan fingerprint density at radius 1 is 1.07 bits per heavy atom. The summed E-state index contributed by atoms with van der Waals surface area (Å²) in [5, 5.41) is 3.49. The number of aromatic amines is 1. The van der Waals surface area contributed by atoms with Crippen molar-refractivity contribution in [2.24, 2.45) is 0 Å². The number of hydrogen-bond acceptors (Lipinski definition) is 3. The second-order valence-corrected chi connectivity index (χ2v) is 6.50. The van der Waals surface area contributed by atoms with Gasteiger partial charge in [-0.2, -0.15) is 0 Å². The van der Waals surface area contributed by atoms with Gasteiger partial charge in [-0.1, -0.05) is 55.8 Å². The number of fused-ring (bicyclic) bond motifs is 1. The van der Waals surface area contributed by atoms with E-state index in [2.05, 4.69) is 17.2 Å². The van der Waals surface area contributed by atoms with Crippen molar-refractivity contribution in [3.05, 3.63) is 81.0 Å². The summed E-state index contributed by atoms with van der Waals surface area (Å²) >= 11 is 0. The molecule has 0 aliphatic rings. The quantitative estimate of drug-likeness (QED) is 0.675. The first-order valence-corrected chi connectivity index (χ1v) is 9.16. The molecule has 27 heavy (non-hydrogen) atoms. The zero-order chi connectivity index (χ0) is 19.2. The lowest BCUT2D eigenvalue weighted by Crippen LogP contribution is -2.33. The van der Waals surface area contributed by atoms with E-state index in [-0.39, 0.29) is 24.9 Å². The number of H-pyrrole nitrogens is 1. The standard InChI is InChI=1S/C21H23N3O3/c1-2-8-17(15-9-4-3-5-10-15)22-19(25)13-14-24-18-12-7-6-11-16(18)20(26)23-21(24)27/h3-7,9-12,17H,2,8,13-14H2,1H3,(H,22,25)(H,23,26,27). The van der Waals surface area contributed by atoms with Crippen LogP contribution < -0.4 is 16.6 Å². The van der Waals surface area contributed by atoms with Gasteiger partial charge in [0.2, 0.25) is 5.91 Å². The van der Waals surface area contributed by atoms with Crippen molar-refractivity contribution in [1.82, 2.24) is 14.9 Å². The monoisotopic (exact) mass is 365 g/mol. The summed E-state index contributed by atoms with van der Waals surface area (Å²) in [7, 11) is 0. The minimum atomic E-state index is -0.500. The lowest BCUT2D eigenvalue weighted by molar-refractivity contribution is -0.122. The molecule has 0 spiro atoms. The van der Waals surface area contributed by atoms with E-state index in [0.717, 1.165) is 18.4 Å². The molecular weight excluding hydrogens is 342 g/mol. The number of carbonyl (C=O) groups is 1. The van der Waals surface area contributed by atoms with Crippen molar-refractivity contribution < 1.29 is 4.79 Å². The molecule has 1 amide bonds. The van der Waals surface area contributed by atoms with E-state index in [9.17, 15) is 14.4 Å². The summed E-state index contributed by atoms with van der Waals surface area (Å²) in [6, 6.07) is 16.7. The SMILES string of the molecule is CCCC(NC(=O)CCn1c(=O)[nH]c(=O)c2ccccc21)c1ccccc1. The fourth-order valence-electron chi connectivity index (χ4n) is 3.24. The predicted octanol–water partition coefficient (Wildman–Crippen LogP) is 2.74. The van der Waals surface area contributed by atoms with Gasteiger partial charge in [-0.25, -0.2) is 4.79 Å². The molecule has 3 rings (SSSR count). The van der Waals surface area contributed by atoms with Gasteiger partial charge in [-0.05, 0) is 24.1 Å². The Morgan fingerprint density at radius 2 is 1.78 bits per heavy atom. The van der Waals surface area contributed by atoms with E-state index in [1.807, 2.05) is 30.3 Å². The van der Waals surface area contributed by atoms with Gasteiger partial charge in [0.15, 0.2) is 0 Å². The molecule has 0 bridgehead atoms. The average molecular weight is 365 g/mol. The minimum Gasteiger partial charge on any atom is -0.349 e. The van der Waals surface area contributed by atoms with Gasteiger partial charge < -0.3 is 5.32 Å². The molecule has 1 aromatic heterocycles. The number of aromatic nitrogens is 2. The Morgan fingerprint density at radius 3 is 2.52 bits per heavy atom. The van der Waals surface area contributed by atoms with Gasteiger partial charge in [-0.15, -0.1) is 0 Å². The highest BCUT2D eigenvalue weighted by Gasteiger charge is 2.14. The molecule has 6 nitrogen and oxygen atoms in total. The van der Waals surface area contributed by atoms with Gasteiger partial charge >= 0.3 is 5.69 Å². The second kappa shape index (κ2) is 8.49. The van der Waals surface area contributed by atoms with Crippen molar-refractivity contribution in [2.75, 3.05) is 0 Å². The molecular formula is C21H23N3O3. The maximum Gasteiger partial charge on any atom is 0.328 e. The summed E-state index contributed by atoms with van der Waals surface area (Å²) in [4.78, 5) is 38.9. The molecule has 1 atom stereocenters. The zero-order valence-electron chi connectivity index (χ0n) is 15.3. The summed E-state index contributed by atoms with van der Waals surface area (Å²) < 4.78 is 1.44. The molecule has 6 heteroatoms. The number of nitrogens with zero attached hydrogens (tertiary/aromatic N) is 1. The van der Waals surface area contributed by atoms with E-state index in [4.69, 9.17) is 0 Å². The Balaban J connectivity index is 1.75. The molecule has 3 aromatic rings. The van der Waals surface area contributed by atoms with Gasteiger partial charge in [-0.3, -0.25) is 19.1 Å². The highest BCUT2D eigenvalue weighted by Crippen LogP contribution is 2.18. The zero-order valence-corrected chi connectivity index (χ0v) is 15.3. The van der Waals surface area contributed by atoms with Crippen LogP contribution in [0.2, 0.25) is 0 Å². The van der Waals surface area contributed by atoms with Gasteiger partial charge in [0.1, 0.15) is 0 Å². The van der Waals surface area contributed by atoms with Crippen molar-refractivity contribution in [2.45, 2.75) is 38.8 Å². The molecule has 0 radical (unpaired) electrons. The van der Waals surface area contributed by atoms with E-state index in [1.54, 1.807) is 24.3 Å². The fraction of sp³-hybridized carbons (Fsp3) is 0.286. The number of para-hydroxylation sites is 1. The van der Waals surface area contributed by atoms with Crippen LogP contribution in [0.25, 0.3) is 10.9 Å². The third kappa shape index (κ3) is 4.34. The highest BCUT2D eigenvalue weighted by atomic mass is 16.2. The van der Waals surface area contributed by atoms with E-state index >= 15 is 0 Å². The first-order valence-electron chi connectivity index (χ1n) is 9.16. The number of amides is 1. The molecule has 0 fully saturated rings. The van der Waals surface area contributed by atoms with Crippen LogP contribution in [0.15, 0.2) is 64.2 Å². The van der Waals surface area contributed by atoms with Crippen LogP contribution in [0.1, 0.15) is 37.8 Å². The number of rotatable bonds is 7. The van der Waals surface area contributed by atoms with Crippen LogP contribution in [-0.4, -0.2) is 15.5 Å². The van der Waals surface area contributed by atoms with Gasteiger partial charge in [0, 0.05) is 13.0 Å². The summed E-state index contributed by atoms with van der Waals surface area (Å²) in [5.41, 5.74) is 0.689. The minimum absolute atomic E-state index is 0.0484. The average Bonchev–Trinajstić information content (AvgIpc) is 2.68. The van der Waals surface area contributed by atoms with E-state index in [0.29, 0.717) is 10.9 Å². The summed E-state index contributed by atoms with van der Waals surface area (Å²) in [5.74, 6) is -0.125. The number of carbonyl (C=O) groups excluding carboxylic acids is 1. The number of aryl methyl sites for hydroxylation is 1. The lowest BCUT2D eigenvalue weighted by atomic mass is 10.0. The molecule has 2 aromatic carbocycles. The first-order chi connectivity index (χ1) is 13.1. The Kier molecular flexibility index (Phi) is 5.86. The fourth-order valence-corrected chi connectivity index (χ4v) is 3.24. The molecule has 0 saturated heterocycles. The summed E-state index contributed by atoms with van der Waals surface area (Å²) in [6.45, 7) is 2.28. The van der Waals surface area contributed by atoms with Crippen molar-refractivity contribution in [3.8, 4) is 0 Å².